The van der Waals surface area contributed by atoms with Crippen LogP contribution in [0.4, 0.5) is 5.82 Å². The number of H-pyrrole nitrogens is 1. The first kappa shape index (κ1) is 12.7. The zero-order chi connectivity index (χ0) is 13.4. The Morgan fingerprint density at radius 3 is 2.68 bits per heavy atom. The van der Waals surface area contributed by atoms with Gasteiger partial charge in [0, 0.05) is 10.9 Å². The molecule has 0 radical (unpaired) electrons. The summed E-state index contributed by atoms with van der Waals surface area (Å²) in [4.78, 5) is 7.49. The number of nitrogen functional groups attached to an aromatic ring is 1. The molecular weight excluding hydrogens is 301 g/mol. The molecular formula is C13H9Cl2N3S. The van der Waals surface area contributed by atoms with Crippen molar-refractivity contribution in [3.8, 4) is 0 Å². The number of anilines is 1. The summed E-state index contributed by atoms with van der Waals surface area (Å²) in [5.74, 6) is 0.282. The summed E-state index contributed by atoms with van der Waals surface area (Å²) in [6.45, 7) is 0. The van der Waals surface area contributed by atoms with E-state index >= 15 is 0 Å². The van der Waals surface area contributed by atoms with Crippen molar-refractivity contribution in [1.29, 1.82) is 0 Å². The lowest BCUT2D eigenvalue weighted by atomic mass is 10.3. The van der Waals surface area contributed by atoms with E-state index in [9.17, 15) is 0 Å². The number of halogens is 2. The summed E-state index contributed by atoms with van der Waals surface area (Å²) in [6.07, 6.45) is 0. The second-order valence-corrected chi connectivity index (χ2v) is 5.81. The predicted molar refractivity (Wildman–Crippen MR) is 81.1 cm³/mol. The fourth-order valence-electron chi connectivity index (χ4n) is 1.74. The van der Waals surface area contributed by atoms with Crippen LogP contribution in [-0.2, 0) is 0 Å². The number of pyridine rings is 1. The molecule has 3 rings (SSSR count). The van der Waals surface area contributed by atoms with E-state index in [0.29, 0.717) is 15.1 Å². The fraction of sp³-hybridized carbons (Fsp3) is 0. The van der Waals surface area contributed by atoms with Gasteiger partial charge in [-0.05, 0) is 18.2 Å². The number of fused-ring (bicyclic) bond motifs is 1. The lowest BCUT2D eigenvalue weighted by Gasteiger charge is -2.04. The Labute approximate surface area is 124 Å². The molecule has 2 heterocycles. The van der Waals surface area contributed by atoms with Gasteiger partial charge in [-0.2, -0.15) is 0 Å². The van der Waals surface area contributed by atoms with Crippen LogP contribution in [-0.4, -0.2) is 9.97 Å². The topological polar surface area (TPSA) is 54.7 Å². The minimum absolute atomic E-state index is 0.282. The predicted octanol–water partition coefficient (Wildman–Crippen LogP) is 4.60. The van der Waals surface area contributed by atoms with Crippen molar-refractivity contribution >= 4 is 51.7 Å². The molecule has 0 fully saturated rings. The maximum absolute atomic E-state index is 6.11. The molecule has 2 aromatic heterocycles. The molecule has 0 aliphatic rings. The lowest BCUT2D eigenvalue weighted by Crippen LogP contribution is -1.93. The third kappa shape index (κ3) is 2.52. The van der Waals surface area contributed by atoms with Gasteiger partial charge in [0.25, 0.3) is 0 Å². The summed E-state index contributed by atoms with van der Waals surface area (Å²) < 4.78 is 0. The number of aromatic amines is 1. The number of aromatic nitrogens is 2. The molecule has 3 nitrogen and oxygen atoms in total. The average Bonchev–Trinajstić information content (AvgIpc) is 2.78. The van der Waals surface area contributed by atoms with E-state index in [-0.39, 0.29) is 5.82 Å². The monoisotopic (exact) mass is 309 g/mol. The second kappa shape index (κ2) is 4.96. The highest BCUT2D eigenvalue weighted by Gasteiger charge is 2.10. The number of nitrogens with zero attached hydrogens (tertiary/aromatic N) is 1. The van der Waals surface area contributed by atoms with Gasteiger partial charge in [0.2, 0.25) is 0 Å². The van der Waals surface area contributed by atoms with E-state index < -0.39 is 0 Å². The normalized spacial score (nSPS) is 11.1. The van der Waals surface area contributed by atoms with E-state index in [1.54, 1.807) is 6.07 Å². The van der Waals surface area contributed by atoms with Crippen molar-refractivity contribution in [2.75, 3.05) is 5.73 Å². The lowest BCUT2D eigenvalue weighted by molar-refractivity contribution is 1.13. The molecule has 0 saturated heterocycles. The highest BCUT2D eigenvalue weighted by molar-refractivity contribution is 7.99. The van der Waals surface area contributed by atoms with Crippen LogP contribution in [0.25, 0.3) is 10.9 Å². The molecule has 3 N–H and O–H groups in total. The zero-order valence-electron chi connectivity index (χ0n) is 9.65. The van der Waals surface area contributed by atoms with Crippen LogP contribution in [0.5, 0.6) is 0 Å². The van der Waals surface area contributed by atoms with Crippen LogP contribution in [0.3, 0.4) is 0 Å². The van der Waals surface area contributed by atoms with Crippen LogP contribution in [0.15, 0.2) is 46.5 Å². The third-order valence-corrected chi connectivity index (χ3v) is 4.28. The van der Waals surface area contributed by atoms with E-state index in [2.05, 4.69) is 9.97 Å². The Bertz CT molecular complexity index is 722. The number of nitrogens with one attached hydrogen (secondary N) is 1. The number of benzene rings is 1. The maximum atomic E-state index is 6.11. The molecule has 6 heteroatoms. The van der Waals surface area contributed by atoms with Gasteiger partial charge in [-0.3, -0.25) is 0 Å². The molecule has 0 spiro atoms. The molecule has 96 valence electrons. The van der Waals surface area contributed by atoms with Gasteiger partial charge in [0.1, 0.15) is 10.8 Å². The van der Waals surface area contributed by atoms with Crippen LogP contribution in [0, 0.1) is 0 Å². The van der Waals surface area contributed by atoms with Crippen molar-refractivity contribution in [3.05, 3.63) is 46.4 Å². The summed E-state index contributed by atoms with van der Waals surface area (Å²) in [5, 5.41) is 3.59. The molecule has 1 aromatic carbocycles. The number of hydrogen-bond acceptors (Lipinski definition) is 3. The molecule has 0 amide bonds. The Balaban J connectivity index is 1.98. The largest absolute Gasteiger partial charge is 0.382 e. The summed E-state index contributed by atoms with van der Waals surface area (Å²) in [5.41, 5.74) is 6.77. The highest BCUT2D eigenvalue weighted by Crippen LogP contribution is 2.35. The van der Waals surface area contributed by atoms with Gasteiger partial charge in [-0.15, -0.1) is 0 Å². The molecule has 0 bridgehead atoms. The van der Waals surface area contributed by atoms with Crippen LogP contribution < -0.4 is 5.73 Å². The van der Waals surface area contributed by atoms with Crippen molar-refractivity contribution in [1.82, 2.24) is 9.97 Å². The van der Waals surface area contributed by atoms with Crippen molar-refractivity contribution in [2.45, 2.75) is 10.1 Å². The summed E-state index contributed by atoms with van der Waals surface area (Å²) in [7, 11) is 0. The maximum Gasteiger partial charge on any atom is 0.143 e. The molecule has 0 aliphatic carbocycles. The van der Waals surface area contributed by atoms with E-state index in [0.717, 1.165) is 15.9 Å². The van der Waals surface area contributed by atoms with Crippen LogP contribution in [0.2, 0.25) is 10.0 Å². The van der Waals surface area contributed by atoms with Crippen LogP contribution in [0.1, 0.15) is 0 Å². The summed E-state index contributed by atoms with van der Waals surface area (Å²) >= 11 is 13.4. The summed E-state index contributed by atoms with van der Waals surface area (Å²) in [6, 6.07) is 11.7. The van der Waals surface area contributed by atoms with Gasteiger partial charge in [0.05, 0.1) is 15.1 Å². The molecule has 3 aromatic rings. The number of rotatable bonds is 2. The highest BCUT2D eigenvalue weighted by atomic mass is 35.5. The number of hydrogen-bond donors (Lipinski definition) is 2. The quantitative estimate of drug-likeness (QED) is 0.727. The first-order valence-electron chi connectivity index (χ1n) is 5.50. The van der Waals surface area contributed by atoms with Crippen molar-refractivity contribution in [2.24, 2.45) is 0 Å². The molecule has 19 heavy (non-hydrogen) atoms. The fourth-order valence-corrected chi connectivity index (χ4v) is 3.07. The van der Waals surface area contributed by atoms with Crippen molar-refractivity contribution in [3.63, 3.8) is 0 Å². The van der Waals surface area contributed by atoms with Gasteiger partial charge >= 0.3 is 0 Å². The van der Waals surface area contributed by atoms with Crippen LogP contribution >= 0.6 is 35.0 Å². The molecule has 0 atom stereocenters. The Hall–Kier alpha value is -1.36. The van der Waals surface area contributed by atoms with Gasteiger partial charge in [-0.1, -0.05) is 53.2 Å². The minimum Gasteiger partial charge on any atom is -0.382 e. The molecule has 0 unspecified atom stereocenters. The van der Waals surface area contributed by atoms with E-state index in [1.807, 2.05) is 30.3 Å². The smallest absolute Gasteiger partial charge is 0.143 e. The van der Waals surface area contributed by atoms with Gasteiger partial charge in [0.15, 0.2) is 0 Å². The first-order chi connectivity index (χ1) is 9.13. The SMILES string of the molecule is Nc1nc(Sc2cc3ccccc3[nH]2)c(Cl)cc1Cl. The second-order valence-electron chi connectivity index (χ2n) is 3.97. The molecule has 0 aliphatic heterocycles. The standard InChI is InChI=1S/C13H9Cl2N3S/c14-8-6-9(15)13(18-12(8)16)19-11-5-7-3-1-2-4-10(7)17-11/h1-6,17H,(H2,16,18). The van der Waals surface area contributed by atoms with Crippen molar-refractivity contribution < 1.29 is 0 Å². The number of nitrogens with two attached hydrogens (primary N) is 1. The minimum atomic E-state index is 0.282. The Morgan fingerprint density at radius 1 is 1.11 bits per heavy atom. The first-order valence-corrected chi connectivity index (χ1v) is 7.08. The number of para-hydroxylation sites is 1. The van der Waals surface area contributed by atoms with Gasteiger partial charge in [-0.25, -0.2) is 4.98 Å². The Morgan fingerprint density at radius 2 is 1.89 bits per heavy atom. The average molecular weight is 310 g/mol. The van der Waals surface area contributed by atoms with Gasteiger partial charge < -0.3 is 10.7 Å². The van der Waals surface area contributed by atoms with E-state index in [1.165, 1.54) is 11.8 Å². The van der Waals surface area contributed by atoms with E-state index in [4.69, 9.17) is 28.9 Å². The molecule has 0 saturated carbocycles. The third-order valence-electron chi connectivity index (χ3n) is 2.64. The zero-order valence-corrected chi connectivity index (χ0v) is 12.0. The Kier molecular flexibility index (Phi) is 3.31.